The fraction of sp³-hybridized carbons (Fsp3) is 0.571. The van der Waals surface area contributed by atoms with E-state index in [1.807, 2.05) is 0 Å². The molecule has 12 nitrogen and oxygen atoms in total. The quantitative estimate of drug-likeness (QED) is 0.354. The van der Waals surface area contributed by atoms with E-state index in [2.05, 4.69) is 24.2 Å². The smallest absolute Gasteiger partial charge is 0.432 e. The molecule has 2 aromatic rings. The first-order valence-electron chi connectivity index (χ1n) is 8.00. The molecule has 0 fully saturated rings. The number of rotatable bonds is 9. The summed E-state index contributed by atoms with van der Waals surface area (Å²) >= 11 is 0. The predicted molar refractivity (Wildman–Crippen MR) is 93.6 cm³/mol. The lowest BCUT2D eigenvalue weighted by atomic mass is 10.4. The third kappa shape index (κ3) is 6.43. The first-order valence-corrected chi connectivity index (χ1v) is 9.77. The molecule has 2 aromatic heterocycles. The van der Waals surface area contributed by atoms with Gasteiger partial charge in [-0.1, -0.05) is 0 Å². The van der Waals surface area contributed by atoms with E-state index in [0.29, 0.717) is 17.7 Å². The lowest BCUT2D eigenvalue weighted by molar-refractivity contribution is -0.0152. The summed E-state index contributed by atoms with van der Waals surface area (Å²) in [6.45, 7) is 4.56. The Balaban J connectivity index is 1.79. The van der Waals surface area contributed by atoms with Gasteiger partial charge in [-0.2, -0.15) is 0 Å². The molecule has 0 aliphatic rings. The number of aromatic nitrogens is 4. The highest BCUT2D eigenvalue weighted by Crippen LogP contribution is 2.42. The Morgan fingerprint density at radius 1 is 1.33 bits per heavy atom. The molecule has 0 radical (unpaired) electrons. The third-order valence-electron chi connectivity index (χ3n) is 3.17. The van der Waals surface area contributed by atoms with Crippen molar-refractivity contribution in [3.63, 3.8) is 0 Å². The molecule has 0 saturated carbocycles. The minimum atomic E-state index is -4.11. The molecule has 0 aliphatic carbocycles. The number of nitrogen functional groups attached to an aromatic ring is 1. The summed E-state index contributed by atoms with van der Waals surface area (Å²) in [5, 5.41) is 0. The second-order valence-electron chi connectivity index (χ2n) is 5.88. The molecule has 0 aromatic carbocycles. The van der Waals surface area contributed by atoms with Crippen LogP contribution in [0, 0.1) is 0 Å². The fourth-order valence-corrected chi connectivity index (χ4v) is 2.74. The van der Waals surface area contributed by atoms with Crippen LogP contribution in [0.1, 0.15) is 20.8 Å². The Morgan fingerprint density at radius 2 is 2.07 bits per heavy atom. The molecule has 0 aliphatic heterocycles. The Kier molecular flexibility index (Phi) is 7.08. The number of anilines is 1. The van der Waals surface area contributed by atoms with Gasteiger partial charge in [0, 0.05) is 0 Å². The van der Waals surface area contributed by atoms with Gasteiger partial charge in [-0.25, -0.2) is 19.7 Å². The number of carbonyl (C=O) groups excluding carboxylic acids is 1. The van der Waals surface area contributed by atoms with Crippen molar-refractivity contribution < 1.29 is 33.0 Å². The molecule has 2 heterocycles. The Hall–Kier alpha value is -2.27. The lowest BCUT2D eigenvalue weighted by Crippen LogP contribution is -2.18. The molecule has 0 saturated heterocycles. The second-order valence-corrected chi connectivity index (χ2v) is 7.67. The van der Waals surface area contributed by atoms with Gasteiger partial charge in [-0.15, -0.1) is 0 Å². The van der Waals surface area contributed by atoms with E-state index in [9.17, 15) is 14.3 Å². The maximum Gasteiger partial charge on any atom is 0.510 e. The summed E-state index contributed by atoms with van der Waals surface area (Å²) in [7, 11) is -4.11. The number of nitrogens with two attached hydrogens (primary N) is 1. The van der Waals surface area contributed by atoms with Crippen molar-refractivity contribution >= 4 is 30.7 Å². The summed E-state index contributed by atoms with van der Waals surface area (Å²) in [4.78, 5) is 33.0. The number of imidazole rings is 1. The summed E-state index contributed by atoms with van der Waals surface area (Å²) in [6, 6.07) is 0. The van der Waals surface area contributed by atoms with Gasteiger partial charge in [-0.05, 0) is 20.8 Å². The van der Waals surface area contributed by atoms with Crippen LogP contribution in [-0.2, 0) is 29.8 Å². The first kappa shape index (κ1) is 21.0. The van der Waals surface area contributed by atoms with Gasteiger partial charge in [-0.3, -0.25) is 9.09 Å². The van der Waals surface area contributed by atoms with Crippen molar-refractivity contribution in [3.8, 4) is 0 Å². The van der Waals surface area contributed by atoms with E-state index in [4.69, 9.17) is 15.2 Å². The molecule has 2 rings (SSSR count). The van der Waals surface area contributed by atoms with Gasteiger partial charge in [0.1, 0.15) is 18.2 Å². The Bertz CT molecular complexity index is 827. The lowest BCUT2D eigenvalue weighted by Gasteiger charge is -2.17. The molecule has 0 bridgehead atoms. The summed E-state index contributed by atoms with van der Waals surface area (Å²) in [6.07, 6.45) is 0.435. The van der Waals surface area contributed by atoms with Crippen molar-refractivity contribution in [3.05, 3.63) is 12.7 Å². The van der Waals surface area contributed by atoms with E-state index in [0.717, 1.165) is 0 Å². The Morgan fingerprint density at radius 3 is 2.78 bits per heavy atom. The van der Waals surface area contributed by atoms with Crippen molar-refractivity contribution in [2.24, 2.45) is 0 Å². The van der Waals surface area contributed by atoms with E-state index >= 15 is 0 Å². The minimum Gasteiger partial charge on any atom is -0.432 e. The zero-order valence-electron chi connectivity index (χ0n) is 15.1. The maximum absolute atomic E-state index is 11.9. The fourth-order valence-electron chi connectivity index (χ4n) is 2.00. The monoisotopic (exact) mass is 403 g/mol. The van der Waals surface area contributed by atoms with Gasteiger partial charge < -0.3 is 29.4 Å². The highest BCUT2D eigenvalue weighted by Gasteiger charge is 2.23. The van der Waals surface area contributed by atoms with E-state index < -0.39 is 33.0 Å². The molecule has 13 heteroatoms. The number of carbonyl (C=O) groups is 1. The molecular weight excluding hydrogens is 381 g/mol. The van der Waals surface area contributed by atoms with Gasteiger partial charge >= 0.3 is 13.8 Å². The van der Waals surface area contributed by atoms with E-state index in [-0.39, 0.29) is 11.9 Å². The molecule has 0 spiro atoms. The molecule has 2 atom stereocenters. The normalized spacial score (nSPS) is 14.9. The van der Waals surface area contributed by atoms with Crippen LogP contribution >= 0.6 is 7.60 Å². The van der Waals surface area contributed by atoms with Crippen LogP contribution in [0.5, 0.6) is 0 Å². The van der Waals surface area contributed by atoms with Crippen molar-refractivity contribution in [2.75, 3.05) is 18.9 Å². The average Bonchev–Trinajstić information content (AvgIpc) is 2.97. The van der Waals surface area contributed by atoms with Crippen LogP contribution in [-0.4, -0.2) is 55.9 Å². The molecular formula is C14H22N5O7P. The number of ether oxygens (including phenoxy) is 3. The summed E-state index contributed by atoms with van der Waals surface area (Å²) in [5.74, 6) is 0.261. The maximum atomic E-state index is 11.9. The van der Waals surface area contributed by atoms with Crippen LogP contribution in [0.3, 0.4) is 0 Å². The van der Waals surface area contributed by atoms with Crippen LogP contribution < -0.4 is 5.73 Å². The van der Waals surface area contributed by atoms with Crippen molar-refractivity contribution in [2.45, 2.75) is 39.5 Å². The average molecular weight is 403 g/mol. The zero-order chi connectivity index (χ0) is 20.0. The molecule has 150 valence electrons. The SMILES string of the molecule is CC(C)OC(=O)OCOP(=O)(O)CO[C@@H](C)Cn1cnc2c(N)ncnc21. The van der Waals surface area contributed by atoms with Gasteiger partial charge in [0.05, 0.1) is 25.1 Å². The van der Waals surface area contributed by atoms with E-state index in [1.54, 1.807) is 25.3 Å². The summed E-state index contributed by atoms with van der Waals surface area (Å²) in [5.41, 5.74) is 6.71. The zero-order valence-corrected chi connectivity index (χ0v) is 16.0. The predicted octanol–water partition coefficient (Wildman–Crippen LogP) is 1.49. The molecule has 3 N–H and O–H groups in total. The minimum absolute atomic E-state index is 0.261. The van der Waals surface area contributed by atoms with Crippen LogP contribution in [0.2, 0.25) is 0 Å². The standard InChI is InChI=1S/C14H22N5O7P/c1-9(2)26-14(20)23-7-25-27(21,22)8-24-10(3)4-19-6-18-11-12(15)16-5-17-13(11)19/h5-6,9-10H,4,7-8H2,1-3H3,(H,21,22)(H2,15,16,17)/t10-/m0/s1. The van der Waals surface area contributed by atoms with Crippen LogP contribution in [0.4, 0.5) is 10.6 Å². The van der Waals surface area contributed by atoms with Crippen LogP contribution in [0.25, 0.3) is 11.2 Å². The van der Waals surface area contributed by atoms with Crippen molar-refractivity contribution in [1.29, 1.82) is 0 Å². The highest BCUT2D eigenvalue weighted by atomic mass is 31.2. The van der Waals surface area contributed by atoms with Gasteiger partial charge in [0.15, 0.2) is 11.5 Å². The van der Waals surface area contributed by atoms with Gasteiger partial charge in [0.2, 0.25) is 6.79 Å². The number of hydrogen-bond acceptors (Lipinski definition) is 10. The highest BCUT2D eigenvalue weighted by molar-refractivity contribution is 7.52. The Labute approximate surface area is 155 Å². The topological polar surface area (TPSA) is 161 Å². The number of fused-ring (bicyclic) bond motifs is 1. The van der Waals surface area contributed by atoms with E-state index in [1.165, 1.54) is 12.7 Å². The van der Waals surface area contributed by atoms with Crippen molar-refractivity contribution in [1.82, 2.24) is 19.5 Å². The third-order valence-corrected chi connectivity index (χ3v) is 4.15. The molecule has 1 unspecified atom stereocenters. The first-order chi connectivity index (χ1) is 12.7. The summed E-state index contributed by atoms with van der Waals surface area (Å²) < 4.78 is 32.8. The number of hydrogen-bond donors (Lipinski definition) is 2. The molecule has 27 heavy (non-hydrogen) atoms. The largest absolute Gasteiger partial charge is 0.510 e. The second kappa shape index (κ2) is 9.09. The molecule has 0 amide bonds. The van der Waals surface area contributed by atoms with Gasteiger partial charge in [0.25, 0.3) is 0 Å². The number of nitrogens with zero attached hydrogens (tertiary/aromatic N) is 4. The van der Waals surface area contributed by atoms with Crippen LogP contribution in [0.15, 0.2) is 12.7 Å².